The van der Waals surface area contributed by atoms with Gasteiger partial charge < -0.3 is 0 Å². The average Bonchev–Trinajstić information content (AvgIpc) is 3.23. The summed E-state index contributed by atoms with van der Waals surface area (Å²) in [6.45, 7) is 0. The van der Waals surface area contributed by atoms with Crippen molar-refractivity contribution in [2.45, 2.75) is 0 Å². The highest BCUT2D eigenvalue weighted by Gasteiger charge is 2.16. The lowest BCUT2D eigenvalue weighted by Gasteiger charge is -2.16. The molecule has 0 N–H and O–H groups in total. The second-order valence-corrected chi connectivity index (χ2v) is 13.4. The van der Waals surface area contributed by atoms with Crippen molar-refractivity contribution < 1.29 is 0 Å². The lowest BCUT2D eigenvalue weighted by Crippen LogP contribution is -1.92. The first-order chi connectivity index (χ1) is 25.8. The fraction of sp³-hybridized carbons (Fsp3) is 0. The van der Waals surface area contributed by atoms with Crippen molar-refractivity contribution in [3.63, 3.8) is 0 Å². The highest BCUT2D eigenvalue weighted by molar-refractivity contribution is 6.21. The Labute approximate surface area is 303 Å². The van der Waals surface area contributed by atoms with Crippen LogP contribution >= 0.6 is 0 Å². The number of benzene rings is 8. The third-order valence-corrected chi connectivity index (χ3v) is 10.3. The van der Waals surface area contributed by atoms with Crippen LogP contribution in [0.4, 0.5) is 0 Å². The van der Waals surface area contributed by atoms with Crippen LogP contribution in [0.25, 0.3) is 99.0 Å². The van der Waals surface area contributed by atoms with Gasteiger partial charge in [0.05, 0.1) is 11.0 Å². The molecule has 1 nitrogen and oxygen atoms in total. The van der Waals surface area contributed by atoms with E-state index < -0.39 is 0 Å². The summed E-state index contributed by atoms with van der Waals surface area (Å²) in [5, 5.41) is 7.05. The van der Waals surface area contributed by atoms with Crippen LogP contribution in [-0.4, -0.2) is 4.98 Å². The molecule has 0 aliphatic rings. The maximum Gasteiger partial charge on any atom is 0.0794 e. The van der Waals surface area contributed by atoms with E-state index in [0.717, 1.165) is 32.9 Å². The standard InChI is InChI=1S/C51H31N/c1-3-13-34(14-4-1)42-31-43(35-15-5-2-6-16-35)33-44(32-42)40-21-11-19-38(29-40)39-20-12-22-41(30-39)49-47-27-25-36-17-7-9-23-45(36)50(47)52-51-46-24-10-8-18-37(46)26-28-48(49)51/h1,3-5,7-33H. The van der Waals surface area contributed by atoms with Crippen molar-refractivity contribution in [3.8, 4) is 55.6 Å². The molecule has 240 valence electrons. The molecule has 9 aromatic carbocycles. The predicted octanol–water partition coefficient (Wildman–Crippen LogP) is 13.6. The van der Waals surface area contributed by atoms with E-state index >= 15 is 0 Å². The molecule has 0 saturated heterocycles. The molecule has 1 aromatic heterocycles. The molecule has 0 unspecified atom stereocenters. The van der Waals surface area contributed by atoms with E-state index in [1.807, 2.05) is 12.1 Å². The van der Waals surface area contributed by atoms with E-state index in [9.17, 15) is 0 Å². The van der Waals surface area contributed by atoms with Gasteiger partial charge in [0, 0.05) is 27.1 Å². The normalized spacial score (nSPS) is 11.3. The van der Waals surface area contributed by atoms with Gasteiger partial charge in [0.25, 0.3) is 0 Å². The van der Waals surface area contributed by atoms with Gasteiger partial charge in [0.15, 0.2) is 0 Å². The highest BCUT2D eigenvalue weighted by Crippen LogP contribution is 2.41. The minimum absolute atomic E-state index is 1.03. The second-order valence-electron chi connectivity index (χ2n) is 13.4. The van der Waals surface area contributed by atoms with Gasteiger partial charge in [-0.3, -0.25) is 0 Å². The molecule has 52 heavy (non-hydrogen) atoms. The number of fused-ring (bicyclic) bond motifs is 6. The smallest absolute Gasteiger partial charge is 0.0794 e. The first-order valence-corrected chi connectivity index (χ1v) is 17.7. The summed E-state index contributed by atoms with van der Waals surface area (Å²) in [6.07, 6.45) is 0. The minimum Gasteiger partial charge on any atom is -0.246 e. The Morgan fingerprint density at radius 1 is 0.308 bits per heavy atom. The quantitative estimate of drug-likeness (QED) is 0.133. The predicted molar refractivity (Wildman–Crippen MR) is 219 cm³/mol. The summed E-state index contributed by atoms with van der Waals surface area (Å²) in [4.78, 5) is 5.40. The Morgan fingerprint density at radius 2 is 0.788 bits per heavy atom. The molecule has 0 bridgehead atoms. The van der Waals surface area contributed by atoms with Crippen molar-refractivity contribution in [1.29, 1.82) is 0 Å². The van der Waals surface area contributed by atoms with Crippen LogP contribution < -0.4 is 0 Å². The number of nitrogens with zero attached hydrogens (tertiary/aromatic N) is 1. The molecule has 0 saturated carbocycles. The van der Waals surface area contributed by atoms with E-state index in [4.69, 9.17) is 4.98 Å². The number of aromatic nitrogens is 1. The van der Waals surface area contributed by atoms with Gasteiger partial charge in [-0.1, -0.05) is 152 Å². The van der Waals surface area contributed by atoms with Crippen LogP contribution in [0.3, 0.4) is 0 Å². The Bertz CT molecular complexity index is 2790. The molecule has 0 spiro atoms. The molecule has 10 aromatic rings. The highest BCUT2D eigenvalue weighted by atomic mass is 14.7. The molecular weight excluding hydrogens is 627 g/mol. The molecule has 0 radical (unpaired) electrons. The van der Waals surface area contributed by atoms with Crippen molar-refractivity contribution >= 4 is 43.4 Å². The van der Waals surface area contributed by atoms with Gasteiger partial charge >= 0.3 is 0 Å². The molecule has 10 rings (SSSR count). The van der Waals surface area contributed by atoms with E-state index in [-0.39, 0.29) is 0 Å². The van der Waals surface area contributed by atoms with Crippen LogP contribution in [0.1, 0.15) is 0 Å². The average molecular weight is 658 g/mol. The summed E-state index contributed by atoms with van der Waals surface area (Å²) in [6, 6.07) is 73.7. The zero-order valence-electron chi connectivity index (χ0n) is 28.3. The Morgan fingerprint density at radius 3 is 1.40 bits per heavy atom. The van der Waals surface area contributed by atoms with Crippen LogP contribution in [-0.2, 0) is 0 Å². The summed E-state index contributed by atoms with van der Waals surface area (Å²) >= 11 is 0. The maximum absolute atomic E-state index is 5.40. The van der Waals surface area contributed by atoms with Gasteiger partial charge in [-0.05, 0) is 109 Å². The van der Waals surface area contributed by atoms with Crippen LogP contribution in [0.2, 0.25) is 0 Å². The van der Waals surface area contributed by atoms with E-state index in [1.54, 1.807) is 0 Å². The zero-order valence-corrected chi connectivity index (χ0v) is 28.3. The Kier molecular flexibility index (Phi) is 7.12. The Hall–Kier alpha value is -7.01. The van der Waals surface area contributed by atoms with Gasteiger partial charge in [-0.15, -0.1) is 0 Å². The second kappa shape index (κ2) is 12.4. The summed E-state index contributed by atoms with van der Waals surface area (Å²) in [5.41, 5.74) is 13.8. The van der Waals surface area contributed by atoms with Crippen LogP contribution in [0.15, 0.2) is 188 Å². The molecule has 0 aliphatic carbocycles. The third-order valence-electron chi connectivity index (χ3n) is 10.3. The van der Waals surface area contributed by atoms with Crippen molar-refractivity contribution in [1.82, 2.24) is 4.98 Å². The molecule has 1 heteroatoms. The maximum atomic E-state index is 5.40. The Balaban J connectivity index is 1.15. The van der Waals surface area contributed by atoms with Gasteiger partial charge in [0.1, 0.15) is 0 Å². The largest absolute Gasteiger partial charge is 0.246 e. The number of hydrogen-bond donors (Lipinski definition) is 0. The molecule has 0 atom stereocenters. The van der Waals surface area contributed by atoms with E-state index in [0.29, 0.717) is 0 Å². The minimum atomic E-state index is 1.03. The first kappa shape index (κ1) is 29.9. The monoisotopic (exact) mass is 657 g/mol. The van der Waals surface area contributed by atoms with Gasteiger partial charge in [-0.2, -0.15) is 0 Å². The van der Waals surface area contributed by atoms with Crippen molar-refractivity contribution in [2.24, 2.45) is 0 Å². The fourth-order valence-corrected chi connectivity index (χ4v) is 7.74. The van der Waals surface area contributed by atoms with E-state index in [1.165, 1.54) is 66.1 Å². The summed E-state index contributed by atoms with van der Waals surface area (Å²) in [5.74, 6) is 0. The van der Waals surface area contributed by atoms with E-state index in [2.05, 4.69) is 188 Å². The van der Waals surface area contributed by atoms with Crippen molar-refractivity contribution in [2.75, 3.05) is 0 Å². The van der Waals surface area contributed by atoms with Gasteiger partial charge in [0.2, 0.25) is 0 Å². The van der Waals surface area contributed by atoms with Crippen LogP contribution in [0.5, 0.6) is 0 Å². The fourth-order valence-electron chi connectivity index (χ4n) is 7.74. The third kappa shape index (κ3) is 5.18. The molecule has 0 amide bonds. The van der Waals surface area contributed by atoms with Crippen LogP contribution in [0, 0.1) is 12.1 Å². The number of rotatable bonds is 5. The molecule has 0 fully saturated rings. The molecule has 0 aliphatic heterocycles. The SMILES string of the molecule is c1ccc(-c2cc(-c3ccccc3)cc(-c3cccc(-c4cccc(-c5c6ccc7ccccc7c6nc6c5ccc5ccccc56)c4)c3)c2)cc#1. The number of hydrogen-bond acceptors (Lipinski definition) is 1. The lowest BCUT2D eigenvalue weighted by atomic mass is 9.90. The zero-order chi connectivity index (χ0) is 34.4. The molecular formula is C51H31N. The summed E-state index contributed by atoms with van der Waals surface area (Å²) in [7, 11) is 0. The first-order valence-electron chi connectivity index (χ1n) is 17.7. The topological polar surface area (TPSA) is 12.9 Å². The molecule has 1 heterocycles. The van der Waals surface area contributed by atoms with Gasteiger partial charge in [-0.25, -0.2) is 4.98 Å². The number of pyridine rings is 1. The summed E-state index contributed by atoms with van der Waals surface area (Å²) < 4.78 is 0. The lowest BCUT2D eigenvalue weighted by molar-refractivity contribution is 1.53. The van der Waals surface area contributed by atoms with Crippen molar-refractivity contribution in [3.05, 3.63) is 200 Å².